The van der Waals surface area contributed by atoms with Gasteiger partial charge in [-0.05, 0) is 37.8 Å². The topological polar surface area (TPSA) is 84.7 Å². The maximum absolute atomic E-state index is 12.2. The Hall–Kier alpha value is -1.14. The summed E-state index contributed by atoms with van der Waals surface area (Å²) in [5, 5.41) is 2.81. The van der Waals surface area contributed by atoms with Crippen LogP contribution in [0.25, 0.3) is 0 Å². The molecule has 0 spiro atoms. The highest BCUT2D eigenvalue weighted by molar-refractivity contribution is 5.85. The Morgan fingerprint density at radius 1 is 1.48 bits per heavy atom. The molecule has 0 bridgehead atoms. The third-order valence-corrected chi connectivity index (χ3v) is 4.29. The Balaban J connectivity index is 2.51. The highest BCUT2D eigenvalue weighted by atomic mass is 16.5. The molecule has 0 aromatic rings. The number of nitrogens with zero attached hydrogens (tertiary/aromatic N) is 1. The van der Waals surface area contributed by atoms with E-state index in [1.807, 2.05) is 13.8 Å². The summed E-state index contributed by atoms with van der Waals surface area (Å²) in [4.78, 5) is 26.0. The molecule has 1 heterocycles. The number of hydrogen-bond donors (Lipinski definition) is 2. The molecule has 3 atom stereocenters. The second-order valence-electron chi connectivity index (χ2n) is 5.93. The van der Waals surface area contributed by atoms with Gasteiger partial charge in [0.15, 0.2) is 0 Å². The smallest absolute Gasteiger partial charge is 0.328 e. The van der Waals surface area contributed by atoms with Crippen LogP contribution < -0.4 is 11.1 Å². The Morgan fingerprint density at radius 2 is 2.19 bits per heavy atom. The molecule has 1 amide bonds. The number of carbonyl (C=O) groups excluding carboxylic acids is 2. The third-order valence-electron chi connectivity index (χ3n) is 4.29. The lowest BCUT2D eigenvalue weighted by Crippen LogP contribution is -2.50. The van der Waals surface area contributed by atoms with Crippen LogP contribution >= 0.6 is 0 Å². The van der Waals surface area contributed by atoms with Crippen LogP contribution in [0.1, 0.15) is 33.1 Å². The van der Waals surface area contributed by atoms with E-state index in [1.54, 1.807) is 0 Å². The summed E-state index contributed by atoms with van der Waals surface area (Å²) in [6.07, 6.45) is 3.01. The van der Waals surface area contributed by atoms with Gasteiger partial charge in [-0.3, -0.25) is 9.69 Å². The number of nitrogens with one attached hydrogen (secondary N) is 1. The minimum absolute atomic E-state index is 0.0551. The van der Waals surface area contributed by atoms with E-state index in [2.05, 4.69) is 10.2 Å². The van der Waals surface area contributed by atoms with Gasteiger partial charge in [0.2, 0.25) is 5.91 Å². The van der Waals surface area contributed by atoms with Crippen LogP contribution in [0.5, 0.6) is 0 Å². The van der Waals surface area contributed by atoms with Crippen molar-refractivity contribution in [1.29, 1.82) is 0 Å². The van der Waals surface area contributed by atoms with Crippen LogP contribution in [0.2, 0.25) is 0 Å². The summed E-state index contributed by atoms with van der Waals surface area (Å²) in [7, 11) is 1.35. The van der Waals surface area contributed by atoms with Crippen molar-refractivity contribution >= 4 is 11.9 Å². The molecule has 0 aromatic heterocycles. The first-order chi connectivity index (χ1) is 10.0. The number of nitrogens with two attached hydrogens (primary N) is 1. The van der Waals surface area contributed by atoms with Gasteiger partial charge in [0.05, 0.1) is 13.7 Å². The van der Waals surface area contributed by atoms with E-state index in [1.165, 1.54) is 7.11 Å². The molecule has 122 valence electrons. The molecule has 1 fully saturated rings. The van der Waals surface area contributed by atoms with Crippen molar-refractivity contribution in [2.75, 3.05) is 33.3 Å². The van der Waals surface area contributed by atoms with Crippen LogP contribution in [0.15, 0.2) is 0 Å². The molecular formula is C15H29N3O3. The molecule has 1 rings (SSSR count). The zero-order valence-corrected chi connectivity index (χ0v) is 13.4. The second-order valence-corrected chi connectivity index (χ2v) is 5.93. The number of rotatable bonds is 7. The van der Waals surface area contributed by atoms with Crippen molar-refractivity contribution in [3.8, 4) is 0 Å². The molecule has 0 radical (unpaired) electrons. The first-order valence-corrected chi connectivity index (χ1v) is 7.81. The first-order valence-electron chi connectivity index (χ1n) is 7.81. The van der Waals surface area contributed by atoms with Gasteiger partial charge < -0.3 is 15.8 Å². The number of amides is 1. The highest BCUT2D eigenvalue weighted by Crippen LogP contribution is 2.15. The summed E-state index contributed by atoms with van der Waals surface area (Å²) >= 11 is 0. The van der Waals surface area contributed by atoms with E-state index >= 15 is 0 Å². The maximum Gasteiger partial charge on any atom is 0.328 e. The van der Waals surface area contributed by atoms with Crippen LogP contribution in [0, 0.1) is 11.8 Å². The zero-order valence-electron chi connectivity index (χ0n) is 13.4. The van der Waals surface area contributed by atoms with Crippen molar-refractivity contribution < 1.29 is 14.3 Å². The lowest BCUT2D eigenvalue weighted by atomic mass is 9.98. The van der Waals surface area contributed by atoms with E-state index in [-0.39, 0.29) is 17.8 Å². The fourth-order valence-electron chi connectivity index (χ4n) is 2.71. The summed E-state index contributed by atoms with van der Waals surface area (Å²) < 4.78 is 4.78. The van der Waals surface area contributed by atoms with E-state index in [9.17, 15) is 9.59 Å². The number of piperidine rings is 1. The Labute approximate surface area is 127 Å². The lowest BCUT2D eigenvalue weighted by Gasteiger charge is -2.32. The first kappa shape index (κ1) is 17.9. The van der Waals surface area contributed by atoms with E-state index in [4.69, 9.17) is 10.5 Å². The minimum atomic E-state index is -0.567. The number of likely N-dealkylation sites (tertiary alicyclic amines) is 1. The van der Waals surface area contributed by atoms with Crippen molar-refractivity contribution in [2.45, 2.75) is 39.2 Å². The predicted octanol–water partition coefficient (Wildman–Crippen LogP) is 0.361. The summed E-state index contributed by atoms with van der Waals surface area (Å²) in [5.41, 5.74) is 5.70. The highest BCUT2D eigenvalue weighted by Gasteiger charge is 2.28. The van der Waals surface area contributed by atoms with Crippen LogP contribution in [0.4, 0.5) is 0 Å². The fraction of sp³-hybridized carbons (Fsp3) is 0.867. The predicted molar refractivity (Wildman–Crippen MR) is 81.6 cm³/mol. The number of esters is 1. The number of methoxy groups -OCH3 is 1. The van der Waals surface area contributed by atoms with Crippen LogP contribution in [-0.2, 0) is 14.3 Å². The average molecular weight is 299 g/mol. The van der Waals surface area contributed by atoms with E-state index in [0.717, 1.165) is 32.4 Å². The van der Waals surface area contributed by atoms with Crippen molar-refractivity contribution in [1.82, 2.24) is 10.2 Å². The molecule has 6 heteroatoms. The van der Waals surface area contributed by atoms with Gasteiger partial charge in [0, 0.05) is 6.54 Å². The number of hydrogen-bond acceptors (Lipinski definition) is 5. The largest absolute Gasteiger partial charge is 0.467 e. The molecule has 6 nitrogen and oxygen atoms in total. The molecule has 0 aromatic carbocycles. The van der Waals surface area contributed by atoms with Gasteiger partial charge in [-0.2, -0.15) is 0 Å². The van der Waals surface area contributed by atoms with Gasteiger partial charge >= 0.3 is 5.97 Å². The molecular weight excluding hydrogens is 270 g/mol. The molecule has 21 heavy (non-hydrogen) atoms. The van der Waals surface area contributed by atoms with Crippen molar-refractivity contribution in [3.05, 3.63) is 0 Å². The summed E-state index contributed by atoms with van der Waals surface area (Å²) in [5.74, 6) is 0.0246. The SMILES string of the molecule is CCC(C)C(NC(=O)CN1CCCC(CN)C1)C(=O)OC. The van der Waals surface area contributed by atoms with Gasteiger partial charge in [0.25, 0.3) is 0 Å². The zero-order chi connectivity index (χ0) is 15.8. The normalized spacial score (nSPS) is 22.4. The Morgan fingerprint density at radius 3 is 2.76 bits per heavy atom. The number of carbonyl (C=O) groups is 2. The van der Waals surface area contributed by atoms with Crippen molar-refractivity contribution in [3.63, 3.8) is 0 Å². The quantitative estimate of drug-likeness (QED) is 0.663. The fourth-order valence-corrected chi connectivity index (χ4v) is 2.71. The monoisotopic (exact) mass is 299 g/mol. The Bertz CT molecular complexity index is 349. The Kier molecular flexibility index (Phi) is 7.67. The second kappa shape index (κ2) is 9.00. The molecule has 1 aliphatic rings. The molecule has 0 aliphatic carbocycles. The lowest BCUT2D eigenvalue weighted by molar-refractivity contribution is -0.146. The molecule has 1 aliphatic heterocycles. The minimum Gasteiger partial charge on any atom is -0.467 e. The van der Waals surface area contributed by atoms with Gasteiger partial charge in [-0.15, -0.1) is 0 Å². The third kappa shape index (κ3) is 5.63. The molecule has 0 saturated carbocycles. The van der Waals surface area contributed by atoms with Crippen LogP contribution in [0.3, 0.4) is 0 Å². The van der Waals surface area contributed by atoms with Crippen LogP contribution in [-0.4, -0.2) is 56.1 Å². The maximum atomic E-state index is 12.2. The average Bonchev–Trinajstić information content (AvgIpc) is 2.51. The summed E-state index contributed by atoms with van der Waals surface area (Å²) in [6, 6.07) is -0.567. The van der Waals surface area contributed by atoms with E-state index in [0.29, 0.717) is 19.0 Å². The molecule has 3 unspecified atom stereocenters. The van der Waals surface area contributed by atoms with Gasteiger partial charge in [-0.1, -0.05) is 20.3 Å². The number of ether oxygens (including phenoxy) is 1. The van der Waals surface area contributed by atoms with Gasteiger partial charge in [0.1, 0.15) is 6.04 Å². The molecule has 1 saturated heterocycles. The molecule has 3 N–H and O–H groups in total. The summed E-state index contributed by atoms with van der Waals surface area (Å²) in [6.45, 7) is 6.68. The van der Waals surface area contributed by atoms with Gasteiger partial charge in [-0.25, -0.2) is 4.79 Å². The standard InChI is InChI=1S/C15H29N3O3/c1-4-11(2)14(15(20)21-3)17-13(19)10-18-7-5-6-12(8-16)9-18/h11-12,14H,4-10,16H2,1-3H3,(H,17,19). The van der Waals surface area contributed by atoms with E-state index < -0.39 is 6.04 Å². The van der Waals surface area contributed by atoms with Crippen molar-refractivity contribution in [2.24, 2.45) is 17.6 Å².